The van der Waals surface area contributed by atoms with E-state index in [0.717, 1.165) is 10.6 Å². The van der Waals surface area contributed by atoms with E-state index in [1.807, 2.05) is 13.8 Å². The summed E-state index contributed by atoms with van der Waals surface area (Å²) < 4.78 is 36.7. The molecule has 3 aromatic rings. The number of aliphatic carboxylic acids is 1. The molecule has 2 N–H and O–H groups in total. The van der Waals surface area contributed by atoms with Crippen LogP contribution in [0.15, 0.2) is 73.9 Å². The van der Waals surface area contributed by atoms with Gasteiger partial charge in [-0.3, -0.25) is 4.55 Å². The topological polar surface area (TPSA) is 163 Å². The molecule has 0 bridgehead atoms. The third-order valence-electron chi connectivity index (χ3n) is 4.21. The number of nitrogens with zero attached hydrogens (tertiary/aromatic N) is 5. The van der Waals surface area contributed by atoms with Gasteiger partial charge in [-0.15, -0.1) is 5.11 Å². The highest BCUT2D eigenvalue weighted by Crippen LogP contribution is 2.30. The number of hydrogen-bond acceptors (Lipinski definition) is 10. The van der Waals surface area contributed by atoms with E-state index in [1.165, 1.54) is 35.6 Å². The van der Waals surface area contributed by atoms with E-state index >= 15 is 0 Å². The van der Waals surface area contributed by atoms with Gasteiger partial charge in [0.15, 0.2) is 6.61 Å². The summed E-state index contributed by atoms with van der Waals surface area (Å²) in [7, 11) is -4.32. The lowest BCUT2D eigenvalue weighted by Crippen LogP contribution is -2.09. The van der Waals surface area contributed by atoms with Gasteiger partial charge >= 0.3 is 5.97 Å². The number of azo groups is 2. The van der Waals surface area contributed by atoms with Crippen LogP contribution < -0.4 is 4.74 Å². The monoisotopic (exact) mass is 489 g/mol. The summed E-state index contributed by atoms with van der Waals surface area (Å²) in [5.41, 5.74) is 1.70. The first-order valence-corrected chi connectivity index (χ1v) is 11.7. The average Bonchev–Trinajstić information content (AvgIpc) is 3.09. The number of carboxylic acids is 1. The smallest absolute Gasteiger partial charge is 0.341 e. The normalized spacial score (nSPS) is 12.9. The van der Waals surface area contributed by atoms with Gasteiger partial charge in [-0.25, -0.2) is 9.78 Å². The van der Waals surface area contributed by atoms with Gasteiger partial charge in [-0.2, -0.15) is 23.8 Å². The number of thiazole rings is 1. The van der Waals surface area contributed by atoms with Gasteiger partial charge in [0.25, 0.3) is 10.1 Å². The van der Waals surface area contributed by atoms with Gasteiger partial charge in [-0.05, 0) is 50.2 Å². The van der Waals surface area contributed by atoms with E-state index in [-0.39, 0.29) is 4.90 Å². The van der Waals surface area contributed by atoms with Gasteiger partial charge in [0.05, 0.1) is 16.3 Å². The molecule has 11 nitrogen and oxygen atoms in total. The SMILES string of the molecule is Cc1nc(N=NC(N=Nc2ccc(S(=O)(=O)O)cc2)c2cccc(OCC(=O)O)c2)sc1C. The third kappa shape index (κ3) is 6.97. The lowest BCUT2D eigenvalue weighted by Gasteiger charge is -2.08. The lowest BCUT2D eigenvalue weighted by atomic mass is 10.2. The minimum Gasteiger partial charge on any atom is -0.482 e. The second kappa shape index (κ2) is 10.4. The number of aryl methyl sites for hydroxylation is 2. The molecule has 0 spiro atoms. The Kier molecular flexibility index (Phi) is 7.58. The van der Waals surface area contributed by atoms with E-state index in [1.54, 1.807) is 24.3 Å². The predicted octanol–water partition coefficient (Wildman–Crippen LogP) is 5.04. The molecule has 13 heteroatoms. The van der Waals surface area contributed by atoms with Gasteiger partial charge < -0.3 is 9.84 Å². The maximum atomic E-state index is 11.2. The molecule has 2 aromatic carbocycles. The molecule has 0 radical (unpaired) electrons. The van der Waals surface area contributed by atoms with Crippen LogP contribution in [-0.4, -0.2) is 35.6 Å². The Morgan fingerprint density at radius 1 is 1.12 bits per heavy atom. The standard InChI is InChI=1S/C20H19N5O6S2/c1-12-13(2)32-20(21-12)25-24-19(14-4-3-5-16(10-14)31-11-18(26)27)23-22-15-6-8-17(9-7-15)33(28,29)30/h3-10,19H,11H2,1-2H3,(H,26,27)(H,28,29,30). The van der Waals surface area contributed by atoms with Crippen LogP contribution in [0, 0.1) is 13.8 Å². The van der Waals surface area contributed by atoms with Crippen molar-refractivity contribution in [2.75, 3.05) is 6.61 Å². The van der Waals surface area contributed by atoms with Crippen molar-refractivity contribution in [3.63, 3.8) is 0 Å². The zero-order chi connectivity index (χ0) is 24.0. The molecule has 0 aliphatic carbocycles. The van der Waals surface area contributed by atoms with Crippen molar-refractivity contribution in [1.82, 2.24) is 4.98 Å². The largest absolute Gasteiger partial charge is 0.482 e. The van der Waals surface area contributed by atoms with Crippen molar-refractivity contribution in [3.8, 4) is 5.75 Å². The summed E-state index contributed by atoms with van der Waals surface area (Å²) in [6.45, 7) is 3.28. The first-order chi connectivity index (χ1) is 15.6. The Morgan fingerprint density at radius 3 is 2.42 bits per heavy atom. The molecule has 0 saturated heterocycles. The van der Waals surface area contributed by atoms with Crippen LogP contribution in [0.25, 0.3) is 0 Å². The Balaban J connectivity index is 1.90. The summed E-state index contributed by atoms with van der Waals surface area (Å²) >= 11 is 1.37. The van der Waals surface area contributed by atoms with E-state index in [0.29, 0.717) is 22.1 Å². The molecule has 1 unspecified atom stereocenters. The molecular weight excluding hydrogens is 470 g/mol. The number of rotatable bonds is 9. The van der Waals surface area contributed by atoms with Gasteiger partial charge in [0, 0.05) is 10.4 Å². The summed E-state index contributed by atoms with van der Waals surface area (Å²) in [4.78, 5) is 15.8. The van der Waals surface area contributed by atoms with E-state index in [2.05, 4.69) is 25.4 Å². The number of benzene rings is 2. The summed E-state index contributed by atoms with van der Waals surface area (Å²) in [6, 6.07) is 11.7. The second-order valence-electron chi connectivity index (χ2n) is 6.67. The summed E-state index contributed by atoms with van der Waals surface area (Å²) in [6.07, 6.45) is -0.913. The maximum absolute atomic E-state index is 11.2. The highest BCUT2D eigenvalue weighted by molar-refractivity contribution is 7.85. The van der Waals surface area contributed by atoms with Gasteiger partial charge in [-0.1, -0.05) is 23.5 Å². The van der Waals surface area contributed by atoms with Crippen molar-refractivity contribution in [3.05, 3.63) is 64.7 Å². The molecular formula is C20H19N5O6S2. The molecule has 0 aliphatic heterocycles. The fourth-order valence-electron chi connectivity index (χ4n) is 2.48. The van der Waals surface area contributed by atoms with Crippen LogP contribution in [0.3, 0.4) is 0 Å². The van der Waals surface area contributed by atoms with Crippen LogP contribution in [0.5, 0.6) is 5.75 Å². The Labute approximate surface area is 193 Å². The number of hydrogen-bond donors (Lipinski definition) is 2. The van der Waals surface area contributed by atoms with Crippen molar-refractivity contribution in [2.24, 2.45) is 20.5 Å². The Bertz CT molecular complexity index is 1280. The Morgan fingerprint density at radius 2 is 1.82 bits per heavy atom. The van der Waals surface area contributed by atoms with E-state index < -0.39 is 28.9 Å². The molecule has 172 valence electrons. The molecule has 1 aromatic heterocycles. The zero-order valence-electron chi connectivity index (χ0n) is 17.5. The molecule has 0 saturated carbocycles. The molecule has 33 heavy (non-hydrogen) atoms. The molecule has 3 rings (SSSR count). The van der Waals surface area contributed by atoms with Crippen molar-refractivity contribution >= 4 is 38.2 Å². The van der Waals surface area contributed by atoms with Crippen LogP contribution in [-0.2, 0) is 14.9 Å². The third-order valence-corrected chi connectivity index (χ3v) is 6.03. The molecule has 0 aliphatic rings. The summed E-state index contributed by atoms with van der Waals surface area (Å²) in [5, 5.41) is 25.9. The van der Waals surface area contributed by atoms with Crippen molar-refractivity contribution in [2.45, 2.75) is 24.9 Å². The average molecular weight is 490 g/mol. The Hall–Kier alpha value is -3.55. The highest BCUT2D eigenvalue weighted by atomic mass is 32.2. The van der Waals surface area contributed by atoms with Crippen molar-refractivity contribution in [1.29, 1.82) is 0 Å². The van der Waals surface area contributed by atoms with Crippen LogP contribution in [0.2, 0.25) is 0 Å². The molecule has 0 amide bonds. The molecule has 0 fully saturated rings. The van der Waals surface area contributed by atoms with Crippen molar-refractivity contribution < 1.29 is 27.6 Å². The lowest BCUT2D eigenvalue weighted by molar-refractivity contribution is -0.139. The number of aromatic nitrogens is 1. The molecule has 1 heterocycles. The van der Waals surface area contributed by atoms with Crippen LogP contribution in [0.1, 0.15) is 22.3 Å². The first kappa shape index (κ1) is 24.1. The zero-order valence-corrected chi connectivity index (χ0v) is 19.1. The highest BCUT2D eigenvalue weighted by Gasteiger charge is 2.13. The van der Waals surface area contributed by atoms with Gasteiger partial charge in [0.1, 0.15) is 5.75 Å². The van der Waals surface area contributed by atoms with E-state index in [9.17, 15) is 13.2 Å². The number of carboxylic acid groups (broad SMARTS) is 1. The first-order valence-electron chi connectivity index (χ1n) is 9.39. The van der Waals surface area contributed by atoms with Crippen LogP contribution in [0.4, 0.5) is 10.8 Å². The fraction of sp³-hybridized carbons (Fsp3) is 0.200. The minimum absolute atomic E-state index is 0.268. The minimum atomic E-state index is -4.32. The maximum Gasteiger partial charge on any atom is 0.341 e. The number of carbonyl (C=O) groups is 1. The number of ether oxygens (including phenoxy) is 1. The molecule has 1 atom stereocenters. The quantitative estimate of drug-likeness (QED) is 0.314. The predicted molar refractivity (Wildman–Crippen MR) is 119 cm³/mol. The second-order valence-corrected chi connectivity index (χ2v) is 9.27. The summed E-state index contributed by atoms with van der Waals surface area (Å²) in [5.74, 6) is -0.803. The van der Waals surface area contributed by atoms with Gasteiger partial charge in [0.2, 0.25) is 11.3 Å². The van der Waals surface area contributed by atoms with E-state index in [4.69, 9.17) is 14.4 Å². The van der Waals surface area contributed by atoms with Crippen LogP contribution >= 0.6 is 11.3 Å². The fourth-order valence-corrected chi connectivity index (χ4v) is 3.69.